The van der Waals surface area contributed by atoms with Gasteiger partial charge in [-0.3, -0.25) is 4.57 Å². The van der Waals surface area contributed by atoms with Crippen molar-refractivity contribution in [3.05, 3.63) is 79.7 Å². The van der Waals surface area contributed by atoms with Gasteiger partial charge in [0, 0.05) is 27.1 Å². The fraction of sp³-hybridized carbons (Fsp3) is 0.300. The molecule has 0 radical (unpaired) electrons. The third kappa shape index (κ3) is 4.10. The van der Waals surface area contributed by atoms with Crippen LogP contribution >= 0.6 is 35.0 Å². The van der Waals surface area contributed by atoms with Crippen molar-refractivity contribution in [2.75, 3.05) is 0 Å². The van der Waals surface area contributed by atoms with E-state index < -0.39 is 0 Å². The van der Waals surface area contributed by atoms with Crippen molar-refractivity contribution in [2.45, 2.75) is 43.0 Å². The number of furan rings is 1. The summed E-state index contributed by atoms with van der Waals surface area (Å²) in [7, 11) is 0. The van der Waals surface area contributed by atoms with Gasteiger partial charge in [0.15, 0.2) is 0 Å². The lowest BCUT2D eigenvalue weighted by Crippen LogP contribution is -2.30. The average molecular weight is 421 g/mol. The van der Waals surface area contributed by atoms with E-state index in [-0.39, 0.29) is 5.69 Å². The third-order valence-electron chi connectivity index (χ3n) is 4.72. The first-order valence-electron chi connectivity index (χ1n) is 8.83. The van der Waals surface area contributed by atoms with Gasteiger partial charge in [-0.05, 0) is 55.5 Å². The molecule has 0 amide bonds. The molecule has 1 aliphatic carbocycles. The molecule has 0 saturated heterocycles. The Morgan fingerprint density at radius 3 is 2.81 bits per heavy atom. The van der Waals surface area contributed by atoms with Gasteiger partial charge in [0.25, 0.3) is 0 Å². The Hall–Kier alpha value is -1.69. The molecule has 0 spiro atoms. The molecule has 0 unspecified atom stereocenters. The van der Waals surface area contributed by atoms with Crippen molar-refractivity contribution in [1.82, 2.24) is 9.55 Å². The normalized spacial score (nSPS) is 13.6. The molecule has 0 N–H and O–H groups in total. The molecule has 4 nitrogen and oxygen atoms in total. The Morgan fingerprint density at radius 2 is 2.04 bits per heavy atom. The van der Waals surface area contributed by atoms with E-state index in [4.69, 9.17) is 27.6 Å². The average Bonchev–Trinajstić information content (AvgIpc) is 3.17. The molecular formula is C20H18Cl2N2O2S. The maximum atomic E-state index is 12.7. The maximum absolute atomic E-state index is 12.7. The largest absolute Gasteiger partial charge is 0.467 e. The zero-order valence-electron chi connectivity index (χ0n) is 14.6. The van der Waals surface area contributed by atoms with Crippen molar-refractivity contribution in [2.24, 2.45) is 0 Å². The van der Waals surface area contributed by atoms with Crippen LogP contribution in [0.4, 0.5) is 0 Å². The van der Waals surface area contributed by atoms with E-state index in [1.807, 2.05) is 24.3 Å². The highest BCUT2D eigenvalue weighted by Gasteiger charge is 2.21. The van der Waals surface area contributed by atoms with Gasteiger partial charge < -0.3 is 4.42 Å². The summed E-state index contributed by atoms with van der Waals surface area (Å²) in [6.07, 6.45) is 5.66. The number of halogens is 2. The minimum atomic E-state index is -0.225. The summed E-state index contributed by atoms with van der Waals surface area (Å²) < 4.78 is 7.18. The summed E-state index contributed by atoms with van der Waals surface area (Å²) in [4.78, 5) is 17.1. The zero-order valence-corrected chi connectivity index (χ0v) is 16.9. The summed E-state index contributed by atoms with van der Waals surface area (Å²) in [6.45, 7) is 0.426. The lowest BCUT2D eigenvalue weighted by Gasteiger charge is -2.22. The number of hydrogen-bond acceptors (Lipinski definition) is 4. The molecule has 1 aromatic carbocycles. The van der Waals surface area contributed by atoms with Crippen LogP contribution < -0.4 is 5.69 Å². The van der Waals surface area contributed by atoms with E-state index in [2.05, 4.69) is 4.98 Å². The molecule has 0 atom stereocenters. The number of fused-ring (bicyclic) bond motifs is 1. The summed E-state index contributed by atoms with van der Waals surface area (Å²) in [5.41, 5.74) is 3.03. The number of benzene rings is 1. The highest BCUT2D eigenvalue weighted by atomic mass is 35.5. The second kappa shape index (κ2) is 8.13. The lowest BCUT2D eigenvalue weighted by molar-refractivity contribution is 0.471. The molecule has 2 aromatic heterocycles. The second-order valence-corrected chi connectivity index (χ2v) is 8.33. The molecule has 140 valence electrons. The van der Waals surface area contributed by atoms with Crippen molar-refractivity contribution < 1.29 is 4.42 Å². The Balaban J connectivity index is 1.65. The number of hydrogen-bond donors (Lipinski definition) is 0. The molecule has 0 bridgehead atoms. The van der Waals surface area contributed by atoms with Crippen LogP contribution in [-0.4, -0.2) is 9.55 Å². The quantitative estimate of drug-likeness (QED) is 0.411. The fourth-order valence-electron chi connectivity index (χ4n) is 3.37. The van der Waals surface area contributed by atoms with Gasteiger partial charge in [0.05, 0.1) is 12.8 Å². The van der Waals surface area contributed by atoms with Crippen LogP contribution in [0.3, 0.4) is 0 Å². The number of nitrogens with zero attached hydrogens (tertiary/aromatic N) is 2. The minimum absolute atomic E-state index is 0.225. The molecule has 0 saturated carbocycles. The highest BCUT2D eigenvalue weighted by Crippen LogP contribution is 2.32. The van der Waals surface area contributed by atoms with Crippen LogP contribution in [0, 0.1) is 0 Å². The number of aromatic nitrogens is 2. The molecular weight excluding hydrogens is 403 g/mol. The van der Waals surface area contributed by atoms with E-state index in [0.717, 1.165) is 47.7 Å². The van der Waals surface area contributed by atoms with Gasteiger partial charge in [-0.25, -0.2) is 4.79 Å². The lowest BCUT2D eigenvalue weighted by atomic mass is 9.97. The van der Waals surface area contributed by atoms with Gasteiger partial charge in [-0.1, -0.05) is 29.3 Å². The molecule has 0 aliphatic heterocycles. The number of thioether (sulfide) groups is 1. The fourth-order valence-corrected chi connectivity index (χ4v) is 5.01. The van der Waals surface area contributed by atoms with Crippen LogP contribution in [0.5, 0.6) is 0 Å². The summed E-state index contributed by atoms with van der Waals surface area (Å²) >= 11 is 13.8. The van der Waals surface area contributed by atoms with Crippen molar-refractivity contribution >= 4 is 35.0 Å². The molecule has 3 aromatic rings. The van der Waals surface area contributed by atoms with Gasteiger partial charge in [0.1, 0.15) is 10.8 Å². The standard InChI is InChI=1S/C20H18Cl2N2O2S/c21-14-8-7-13(17(22)10-14)12-27-19-16-5-1-2-6-18(16)24(20(25)23-19)11-15-4-3-9-26-15/h3-4,7-10H,1-2,5-6,11-12H2. The van der Waals surface area contributed by atoms with Gasteiger partial charge in [-0.2, -0.15) is 4.98 Å². The SMILES string of the molecule is O=c1nc(SCc2ccc(Cl)cc2Cl)c2c(n1Cc1ccco1)CCCC2. The molecule has 4 rings (SSSR count). The molecule has 1 aliphatic rings. The molecule has 27 heavy (non-hydrogen) atoms. The molecule has 2 heterocycles. The molecule has 7 heteroatoms. The highest BCUT2D eigenvalue weighted by molar-refractivity contribution is 7.98. The predicted molar refractivity (Wildman–Crippen MR) is 109 cm³/mol. The van der Waals surface area contributed by atoms with Crippen LogP contribution in [-0.2, 0) is 25.1 Å². The van der Waals surface area contributed by atoms with Gasteiger partial charge >= 0.3 is 5.69 Å². The van der Waals surface area contributed by atoms with Crippen LogP contribution in [0.15, 0.2) is 50.8 Å². The van der Waals surface area contributed by atoms with E-state index >= 15 is 0 Å². The Kier molecular flexibility index (Phi) is 5.62. The maximum Gasteiger partial charge on any atom is 0.349 e. The van der Waals surface area contributed by atoms with E-state index in [1.165, 1.54) is 5.56 Å². The van der Waals surface area contributed by atoms with Gasteiger partial charge in [-0.15, -0.1) is 11.8 Å². The Bertz CT molecular complexity index is 1020. The first-order valence-corrected chi connectivity index (χ1v) is 10.6. The van der Waals surface area contributed by atoms with Crippen molar-refractivity contribution in [3.63, 3.8) is 0 Å². The first-order chi connectivity index (χ1) is 13.1. The summed E-state index contributed by atoms with van der Waals surface area (Å²) in [5, 5.41) is 2.07. The second-order valence-electron chi connectivity index (χ2n) is 6.52. The van der Waals surface area contributed by atoms with Crippen LogP contribution in [0.25, 0.3) is 0 Å². The summed E-state index contributed by atoms with van der Waals surface area (Å²) in [6, 6.07) is 9.20. The number of rotatable bonds is 5. The van der Waals surface area contributed by atoms with Crippen molar-refractivity contribution in [3.8, 4) is 0 Å². The van der Waals surface area contributed by atoms with Crippen LogP contribution in [0.2, 0.25) is 10.0 Å². The molecule has 0 fully saturated rings. The minimum Gasteiger partial charge on any atom is -0.467 e. The predicted octanol–water partition coefficient (Wildman–Crippen LogP) is 5.36. The third-order valence-corrected chi connectivity index (χ3v) is 6.38. The first kappa shape index (κ1) is 18.7. The Morgan fingerprint density at radius 1 is 1.19 bits per heavy atom. The van der Waals surface area contributed by atoms with E-state index in [0.29, 0.717) is 22.3 Å². The monoisotopic (exact) mass is 420 g/mol. The van der Waals surface area contributed by atoms with E-state index in [1.54, 1.807) is 28.7 Å². The Labute approximate surface area is 171 Å². The van der Waals surface area contributed by atoms with Crippen molar-refractivity contribution in [1.29, 1.82) is 0 Å². The van der Waals surface area contributed by atoms with Crippen LogP contribution in [0.1, 0.15) is 35.4 Å². The summed E-state index contributed by atoms with van der Waals surface area (Å²) in [5.74, 6) is 1.41. The smallest absolute Gasteiger partial charge is 0.349 e. The van der Waals surface area contributed by atoms with Gasteiger partial charge in [0.2, 0.25) is 0 Å². The van der Waals surface area contributed by atoms with E-state index in [9.17, 15) is 4.79 Å². The topological polar surface area (TPSA) is 48.0 Å². The zero-order chi connectivity index (χ0) is 18.8.